The number of hydrogen-bond acceptors (Lipinski definition) is 7. The molecule has 2 aromatic rings. The number of ketones is 1. The topological polar surface area (TPSA) is 92.3 Å². The monoisotopic (exact) mass is 663 g/mol. The highest BCUT2D eigenvalue weighted by molar-refractivity contribution is 5.98. The van der Waals surface area contributed by atoms with Crippen molar-refractivity contribution in [2.45, 2.75) is 135 Å². The number of benzene rings is 2. The van der Waals surface area contributed by atoms with Crippen LogP contribution in [-0.2, 0) is 28.5 Å². The molecule has 3 fully saturated rings. The third-order valence-electron chi connectivity index (χ3n) is 10.3. The van der Waals surface area contributed by atoms with E-state index in [1.165, 1.54) is 38.5 Å². The molecule has 264 valence electrons. The molecular formula is C40H57NO7. The second-order valence-electron chi connectivity index (χ2n) is 14.0. The van der Waals surface area contributed by atoms with Gasteiger partial charge >= 0.3 is 0 Å². The van der Waals surface area contributed by atoms with E-state index in [1.54, 1.807) is 0 Å². The van der Waals surface area contributed by atoms with Gasteiger partial charge in [-0.05, 0) is 12.8 Å². The summed E-state index contributed by atoms with van der Waals surface area (Å²) in [4.78, 5) is 27.5. The van der Waals surface area contributed by atoms with Gasteiger partial charge in [0.15, 0.2) is 18.4 Å². The quantitative estimate of drug-likeness (QED) is 0.145. The SMILES string of the molecule is CCCCCCCCCCC(=O)N[C@H]1C(CC)OCC(C)[C@H]1O[C@@H]1OC2COC(c3ccccc3)O[C@@H]2[C@H](C)C1C(=O)c1ccccc1. The van der Waals surface area contributed by atoms with E-state index in [4.69, 9.17) is 23.7 Å². The number of ether oxygens (including phenoxy) is 5. The van der Waals surface area contributed by atoms with Crippen LogP contribution in [0.1, 0.15) is 114 Å². The summed E-state index contributed by atoms with van der Waals surface area (Å²) in [6.45, 7) is 9.26. The maximum Gasteiger partial charge on any atom is 0.220 e. The summed E-state index contributed by atoms with van der Waals surface area (Å²) in [7, 11) is 0. The molecular weight excluding hydrogens is 606 g/mol. The second-order valence-corrected chi connectivity index (χ2v) is 14.0. The lowest BCUT2D eigenvalue weighted by atomic mass is 9.78. The van der Waals surface area contributed by atoms with Gasteiger partial charge in [0, 0.05) is 29.4 Å². The fraction of sp³-hybridized carbons (Fsp3) is 0.650. The van der Waals surface area contributed by atoms with Gasteiger partial charge in [0.1, 0.15) is 6.10 Å². The minimum absolute atomic E-state index is 0.0201. The highest BCUT2D eigenvalue weighted by atomic mass is 16.7. The van der Waals surface area contributed by atoms with Crippen molar-refractivity contribution in [3.05, 3.63) is 71.8 Å². The largest absolute Gasteiger partial charge is 0.376 e. The summed E-state index contributed by atoms with van der Waals surface area (Å²) in [6.07, 6.45) is 7.93. The van der Waals surface area contributed by atoms with E-state index in [1.807, 2.05) is 60.7 Å². The van der Waals surface area contributed by atoms with Gasteiger partial charge in [0.25, 0.3) is 0 Å². The highest BCUT2D eigenvalue weighted by Gasteiger charge is 2.53. The fourth-order valence-electron chi connectivity index (χ4n) is 7.53. The average Bonchev–Trinajstić information content (AvgIpc) is 3.11. The molecule has 1 N–H and O–H groups in total. The van der Waals surface area contributed by atoms with E-state index in [0.717, 1.165) is 24.8 Å². The van der Waals surface area contributed by atoms with E-state index in [2.05, 4.69) is 33.0 Å². The molecule has 0 aliphatic carbocycles. The van der Waals surface area contributed by atoms with Gasteiger partial charge in [0.2, 0.25) is 5.91 Å². The molecule has 3 aliphatic heterocycles. The van der Waals surface area contributed by atoms with Crippen molar-refractivity contribution in [1.82, 2.24) is 5.32 Å². The van der Waals surface area contributed by atoms with Crippen LogP contribution in [0.2, 0.25) is 0 Å². The molecule has 0 bridgehead atoms. The van der Waals surface area contributed by atoms with Crippen molar-refractivity contribution in [2.24, 2.45) is 17.8 Å². The summed E-state index contributed by atoms with van der Waals surface area (Å²) in [5, 5.41) is 3.30. The minimum atomic E-state index is -0.843. The number of amides is 1. The number of carbonyl (C=O) groups is 2. The van der Waals surface area contributed by atoms with Crippen LogP contribution in [0.4, 0.5) is 0 Å². The van der Waals surface area contributed by atoms with Gasteiger partial charge in [0.05, 0.1) is 43.5 Å². The van der Waals surface area contributed by atoms with Gasteiger partial charge in [-0.2, -0.15) is 0 Å². The van der Waals surface area contributed by atoms with Crippen LogP contribution in [0.3, 0.4) is 0 Å². The van der Waals surface area contributed by atoms with E-state index >= 15 is 0 Å². The van der Waals surface area contributed by atoms with Gasteiger partial charge in [-0.1, -0.05) is 133 Å². The van der Waals surface area contributed by atoms with E-state index in [9.17, 15) is 9.59 Å². The Morgan fingerprint density at radius 1 is 0.812 bits per heavy atom. The van der Waals surface area contributed by atoms with Crippen molar-refractivity contribution in [2.75, 3.05) is 13.2 Å². The summed E-state index contributed by atoms with van der Waals surface area (Å²) in [6, 6.07) is 18.8. The molecule has 0 saturated carbocycles. The second kappa shape index (κ2) is 18.4. The van der Waals surface area contributed by atoms with Crippen LogP contribution < -0.4 is 5.32 Å². The molecule has 8 heteroatoms. The number of fused-ring (bicyclic) bond motifs is 1. The standard InChI is InChI=1S/C40H57NO7/c1-5-7-8-9-10-11-12-19-24-33(42)41-35-31(6-2)44-25-27(3)37(35)47-40-34(36(43)29-20-15-13-16-21-29)28(4)38-32(46-40)26-45-39(48-38)30-22-17-14-18-23-30/h13-18,20-23,27-28,31-32,34-35,37-40H,5-12,19,24-26H2,1-4H3,(H,41,42)/t27?,28-,31?,32?,34?,35+,37-,38-,39?,40+/m1/s1. The molecule has 0 radical (unpaired) electrons. The predicted molar refractivity (Wildman–Crippen MR) is 185 cm³/mol. The molecule has 2 aromatic carbocycles. The van der Waals surface area contributed by atoms with Gasteiger partial charge in [-0.25, -0.2) is 0 Å². The maximum absolute atomic E-state index is 14.3. The van der Waals surface area contributed by atoms with Gasteiger partial charge in [-0.3, -0.25) is 9.59 Å². The lowest BCUT2D eigenvalue weighted by Gasteiger charge is -2.50. The smallest absolute Gasteiger partial charge is 0.220 e. The first kappa shape index (κ1) is 36.7. The van der Waals surface area contributed by atoms with Crippen LogP contribution >= 0.6 is 0 Å². The van der Waals surface area contributed by atoms with E-state index < -0.39 is 30.7 Å². The minimum Gasteiger partial charge on any atom is -0.376 e. The number of unbranched alkanes of at least 4 members (excludes halogenated alkanes) is 7. The number of carbonyl (C=O) groups excluding carboxylic acids is 2. The van der Waals surface area contributed by atoms with Crippen LogP contribution in [0.25, 0.3) is 0 Å². The lowest BCUT2D eigenvalue weighted by Crippen LogP contribution is -2.63. The molecule has 0 aromatic heterocycles. The van der Waals surface area contributed by atoms with Crippen molar-refractivity contribution < 1.29 is 33.3 Å². The van der Waals surface area contributed by atoms with Crippen molar-refractivity contribution in [1.29, 1.82) is 0 Å². The van der Waals surface area contributed by atoms with Crippen molar-refractivity contribution in [3.8, 4) is 0 Å². The molecule has 3 saturated heterocycles. The summed E-state index contributed by atoms with van der Waals surface area (Å²) in [5.41, 5.74) is 1.54. The number of hydrogen-bond donors (Lipinski definition) is 1. The lowest BCUT2D eigenvalue weighted by molar-refractivity contribution is -0.349. The fourth-order valence-corrected chi connectivity index (χ4v) is 7.53. The first-order valence-corrected chi connectivity index (χ1v) is 18.5. The van der Waals surface area contributed by atoms with Crippen LogP contribution in [0.15, 0.2) is 60.7 Å². The number of rotatable bonds is 16. The third kappa shape index (κ3) is 9.33. The average molecular weight is 664 g/mol. The normalized spacial score (nSPS) is 31.9. The van der Waals surface area contributed by atoms with Crippen LogP contribution in [0, 0.1) is 17.8 Å². The molecule has 10 atom stereocenters. The predicted octanol–water partition coefficient (Wildman–Crippen LogP) is 7.81. The zero-order chi connectivity index (χ0) is 33.9. The van der Waals surface area contributed by atoms with Gasteiger partial charge < -0.3 is 29.0 Å². The molecule has 3 heterocycles. The Morgan fingerprint density at radius 2 is 1.48 bits per heavy atom. The molecule has 0 spiro atoms. The van der Waals surface area contributed by atoms with E-state index in [0.29, 0.717) is 25.2 Å². The Morgan fingerprint density at radius 3 is 2.17 bits per heavy atom. The Hall–Kier alpha value is -2.62. The Bertz CT molecular complexity index is 1260. The molecule has 3 aliphatic rings. The third-order valence-corrected chi connectivity index (χ3v) is 10.3. The number of nitrogens with one attached hydrogen (secondary N) is 1. The van der Waals surface area contributed by atoms with Crippen LogP contribution in [0.5, 0.6) is 0 Å². The maximum atomic E-state index is 14.3. The van der Waals surface area contributed by atoms with Crippen molar-refractivity contribution in [3.63, 3.8) is 0 Å². The zero-order valence-electron chi connectivity index (χ0n) is 29.4. The molecule has 1 amide bonds. The summed E-state index contributed by atoms with van der Waals surface area (Å²) < 4.78 is 32.5. The van der Waals surface area contributed by atoms with Gasteiger partial charge in [-0.15, -0.1) is 0 Å². The zero-order valence-corrected chi connectivity index (χ0v) is 29.4. The Labute approximate surface area is 287 Å². The molecule has 5 unspecified atom stereocenters. The first-order valence-electron chi connectivity index (χ1n) is 18.5. The molecule has 8 nitrogen and oxygen atoms in total. The first-order chi connectivity index (χ1) is 23.4. The van der Waals surface area contributed by atoms with E-state index in [-0.39, 0.29) is 41.8 Å². The Kier molecular flexibility index (Phi) is 14.0. The number of Topliss-reactive ketones (excluding diaryl/α,β-unsaturated/α-hetero) is 1. The molecule has 48 heavy (non-hydrogen) atoms. The summed E-state index contributed by atoms with van der Waals surface area (Å²) >= 11 is 0. The highest BCUT2D eigenvalue weighted by Crippen LogP contribution is 2.42. The Balaban J connectivity index is 1.30. The van der Waals surface area contributed by atoms with Crippen LogP contribution in [-0.4, -0.2) is 61.7 Å². The molecule has 5 rings (SSSR count). The summed E-state index contributed by atoms with van der Waals surface area (Å²) in [5.74, 6) is -0.881. The van der Waals surface area contributed by atoms with Crippen molar-refractivity contribution >= 4 is 11.7 Å².